The lowest BCUT2D eigenvalue weighted by Crippen LogP contribution is -2.12. The van der Waals surface area contributed by atoms with Crippen molar-refractivity contribution in [2.24, 2.45) is 0 Å². The van der Waals surface area contributed by atoms with Crippen molar-refractivity contribution >= 4 is 26.7 Å². The number of benzene rings is 2. The third-order valence-electron chi connectivity index (χ3n) is 3.76. The summed E-state index contributed by atoms with van der Waals surface area (Å²) in [6.45, 7) is 4.42. The van der Waals surface area contributed by atoms with Crippen molar-refractivity contribution in [2.75, 3.05) is 0 Å². The number of fused-ring (bicyclic) bond motifs is 3. The molecule has 0 saturated carbocycles. The van der Waals surface area contributed by atoms with E-state index in [4.69, 9.17) is 0 Å². The van der Waals surface area contributed by atoms with E-state index < -0.39 is 0 Å². The van der Waals surface area contributed by atoms with E-state index in [0.29, 0.717) is 0 Å². The van der Waals surface area contributed by atoms with Crippen molar-refractivity contribution in [3.05, 3.63) is 45.9 Å². The Morgan fingerprint density at radius 3 is 2.59 bits per heavy atom. The van der Waals surface area contributed by atoms with E-state index in [2.05, 4.69) is 60.1 Å². The van der Waals surface area contributed by atoms with Crippen LogP contribution in [0.4, 0.5) is 0 Å². The molecule has 1 atom stereocenters. The van der Waals surface area contributed by atoms with E-state index in [0.717, 1.165) is 16.5 Å². The normalized spacial score (nSPS) is 21.8. The van der Waals surface area contributed by atoms with Crippen LogP contribution < -0.4 is 0 Å². The zero-order valence-electron chi connectivity index (χ0n) is 10.00. The Morgan fingerprint density at radius 1 is 1.24 bits per heavy atom. The van der Waals surface area contributed by atoms with E-state index in [9.17, 15) is 5.11 Å². The van der Waals surface area contributed by atoms with Gasteiger partial charge in [-0.1, -0.05) is 54.0 Å². The molecule has 1 aliphatic carbocycles. The maximum atomic E-state index is 10.2. The third-order valence-corrected chi connectivity index (χ3v) is 4.42. The van der Waals surface area contributed by atoms with Gasteiger partial charge < -0.3 is 5.11 Å². The number of aliphatic hydroxyl groups excluding tert-OH is 1. The molecule has 0 heterocycles. The Morgan fingerprint density at radius 2 is 1.88 bits per heavy atom. The molecule has 1 N–H and O–H groups in total. The second kappa shape index (κ2) is 3.56. The van der Waals surface area contributed by atoms with Crippen LogP contribution in [0, 0.1) is 0 Å². The number of hydrogen-bond donors (Lipinski definition) is 1. The second-order valence-electron chi connectivity index (χ2n) is 5.47. The molecule has 0 fully saturated rings. The first-order chi connectivity index (χ1) is 8.00. The highest BCUT2D eigenvalue weighted by Gasteiger charge is 2.37. The van der Waals surface area contributed by atoms with Gasteiger partial charge in [0, 0.05) is 4.47 Å². The Hall–Kier alpha value is -0.860. The van der Waals surface area contributed by atoms with E-state index in [-0.39, 0.29) is 11.5 Å². The summed E-state index contributed by atoms with van der Waals surface area (Å²) in [5.74, 6) is 0. The molecule has 3 rings (SSSR count). The van der Waals surface area contributed by atoms with Gasteiger partial charge in [-0.25, -0.2) is 0 Å². The zero-order chi connectivity index (χ0) is 12.2. The van der Waals surface area contributed by atoms with E-state index in [1.54, 1.807) is 0 Å². The molecular formula is C15H15BrO. The van der Waals surface area contributed by atoms with Crippen LogP contribution in [0.25, 0.3) is 10.8 Å². The first-order valence-corrected chi connectivity index (χ1v) is 6.70. The predicted molar refractivity (Wildman–Crippen MR) is 74.3 cm³/mol. The van der Waals surface area contributed by atoms with Crippen molar-refractivity contribution < 1.29 is 5.11 Å². The Bertz CT molecular complexity index is 601. The van der Waals surface area contributed by atoms with Crippen LogP contribution in [0.15, 0.2) is 34.8 Å². The first kappa shape index (κ1) is 11.2. The minimum atomic E-state index is -0.332. The van der Waals surface area contributed by atoms with Gasteiger partial charge in [0.25, 0.3) is 0 Å². The van der Waals surface area contributed by atoms with E-state index in [1.807, 2.05) is 0 Å². The smallest absolute Gasteiger partial charge is 0.0801 e. The molecular weight excluding hydrogens is 276 g/mol. The lowest BCUT2D eigenvalue weighted by atomic mass is 9.83. The van der Waals surface area contributed by atoms with Crippen LogP contribution in [0.3, 0.4) is 0 Å². The fourth-order valence-corrected chi connectivity index (χ4v) is 3.66. The van der Waals surface area contributed by atoms with Gasteiger partial charge in [-0.15, -0.1) is 0 Å². The molecule has 0 radical (unpaired) electrons. The molecule has 1 aliphatic rings. The molecule has 0 saturated heterocycles. The summed E-state index contributed by atoms with van der Waals surface area (Å²) >= 11 is 3.60. The Balaban J connectivity index is 2.47. The highest BCUT2D eigenvalue weighted by Crippen LogP contribution is 2.49. The lowest BCUT2D eigenvalue weighted by molar-refractivity contribution is 0.161. The van der Waals surface area contributed by atoms with Crippen LogP contribution in [-0.4, -0.2) is 5.11 Å². The van der Waals surface area contributed by atoms with Gasteiger partial charge in [-0.3, -0.25) is 0 Å². The van der Waals surface area contributed by atoms with Gasteiger partial charge in [-0.2, -0.15) is 0 Å². The third kappa shape index (κ3) is 1.54. The maximum Gasteiger partial charge on any atom is 0.0801 e. The van der Waals surface area contributed by atoms with Crippen molar-refractivity contribution in [3.63, 3.8) is 0 Å². The minimum Gasteiger partial charge on any atom is -0.388 e. The molecule has 0 aliphatic heterocycles. The van der Waals surface area contributed by atoms with Gasteiger partial charge in [0.05, 0.1) is 6.10 Å². The molecule has 2 heteroatoms. The maximum absolute atomic E-state index is 10.2. The standard InChI is InChI=1S/C15H15BrO/c1-15(2)8-13(17)11-7-12(16)9-5-3-4-6-10(9)14(11)15/h3-7,13,17H,8H2,1-2H3/t13-/m1/s1. The largest absolute Gasteiger partial charge is 0.388 e. The van der Waals surface area contributed by atoms with Crippen LogP contribution in [-0.2, 0) is 5.41 Å². The van der Waals surface area contributed by atoms with Crippen LogP contribution in [0.2, 0.25) is 0 Å². The van der Waals surface area contributed by atoms with Crippen molar-refractivity contribution in [1.29, 1.82) is 0 Å². The van der Waals surface area contributed by atoms with E-state index >= 15 is 0 Å². The van der Waals surface area contributed by atoms with Crippen LogP contribution in [0.1, 0.15) is 37.5 Å². The summed E-state index contributed by atoms with van der Waals surface area (Å²) in [7, 11) is 0. The van der Waals surface area contributed by atoms with Crippen LogP contribution in [0.5, 0.6) is 0 Å². The highest BCUT2D eigenvalue weighted by molar-refractivity contribution is 9.10. The minimum absolute atomic E-state index is 0.0506. The van der Waals surface area contributed by atoms with E-state index in [1.165, 1.54) is 16.3 Å². The summed E-state index contributed by atoms with van der Waals surface area (Å²) in [6.07, 6.45) is 0.476. The number of rotatable bonds is 0. The zero-order valence-corrected chi connectivity index (χ0v) is 11.6. The fourth-order valence-electron chi connectivity index (χ4n) is 3.06. The molecule has 1 nitrogen and oxygen atoms in total. The second-order valence-corrected chi connectivity index (χ2v) is 6.33. The summed E-state index contributed by atoms with van der Waals surface area (Å²) in [4.78, 5) is 0. The quantitative estimate of drug-likeness (QED) is 0.766. The number of aliphatic hydroxyl groups is 1. The molecule has 0 spiro atoms. The van der Waals surface area contributed by atoms with Gasteiger partial charge in [-0.05, 0) is 39.8 Å². The molecule has 0 bridgehead atoms. The SMILES string of the molecule is CC1(C)C[C@@H](O)c2cc(Br)c3ccccc3c21. The summed E-state index contributed by atoms with van der Waals surface area (Å²) in [5, 5.41) is 12.7. The summed E-state index contributed by atoms with van der Waals surface area (Å²) in [5.41, 5.74) is 2.44. The number of hydrogen-bond acceptors (Lipinski definition) is 1. The van der Waals surface area contributed by atoms with Gasteiger partial charge >= 0.3 is 0 Å². The first-order valence-electron chi connectivity index (χ1n) is 5.90. The lowest BCUT2D eigenvalue weighted by Gasteiger charge is -2.21. The molecule has 2 aromatic rings. The average Bonchev–Trinajstić information content (AvgIpc) is 2.49. The molecule has 17 heavy (non-hydrogen) atoms. The molecule has 0 unspecified atom stereocenters. The Kier molecular flexibility index (Phi) is 2.36. The summed E-state index contributed by atoms with van der Waals surface area (Å²) in [6, 6.07) is 10.5. The van der Waals surface area contributed by atoms with Gasteiger partial charge in [0.1, 0.15) is 0 Å². The molecule has 88 valence electrons. The summed E-state index contributed by atoms with van der Waals surface area (Å²) < 4.78 is 1.07. The topological polar surface area (TPSA) is 20.2 Å². The molecule has 0 amide bonds. The number of halogens is 1. The fraction of sp³-hybridized carbons (Fsp3) is 0.333. The monoisotopic (exact) mass is 290 g/mol. The van der Waals surface area contributed by atoms with Crippen molar-refractivity contribution in [3.8, 4) is 0 Å². The highest BCUT2D eigenvalue weighted by atomic mass is 79.9. The predicted octanol–water partition coefficient (Wildman–Crippen LogP) is 4.32. The van der Waals surface area contributed by atoms with Crippen LogP contribution >= 0.6 is 15.9 Å². The average molecular weight is 291 g/mol. The Labute approximate surface area is 110 Å². The van der Waals surface area contributed by atoms with Crippen molar-refractivity contribution in [1.82, 2.24) is 0 Å². The van der Waals surface area contributed by atoms with Gasteiger partial charge in [0.15, 0.2) is 0 Å². The molecule has 2 aromatic carbocycles. The van der Waals surface area contributed by atoms with Gasteiger partial charge in [0.2, 0.25) is 0 Å². The molecule has 0 aromatic heterocycles. The van der Waals surface area contributed by atoms with Crippen molar-refractivity contribution in [2.45, 2.75) is 31.8 Å².